The largest absolute Gasteiger partial charge is 0.396 e. The number of carbonyl (C=O) groups excluding carboxylic acids is 3. The molecule has 0 radical (unpaired) electrons. The number of fused-ring (bicyclic) bond motifs is 1. The summed E-state index contributed by atoms with van der Waals surface area (Å²) in [5.41, 5.74) is 0. The summed E-state index contributed by atoms with van der Waals surface area (Å²) >= 11 is 1.71. The summed E-state index contributed by atoms with van der Waals surface area (Å²) in [6, 6.07) is -0.416. The third kappa shape index (κ3) is 4.11. The van der Waals surface area contributed by atoms with Crippen molar-refractivity contribution in [1.29, 1.82) is 0 Å². The predicted molar refractivity (Wildman–Crippen MR) is 134 cm³/mol. The van der Waals surface area contributed by atoms with Crippen molar-refractivity contribution in [3.05, 3.63) is 25.3 Å². The highest BCUT2D eigenvalue weighted by molar-refractivity contribution is 8.02. The van der Waals surface area contributed by atoms with E-state index in [-0.39, 0.29) is 35.6 Å². The molecular formula is C26H39N3O4S. The Labute approximate surface area is 207 Å². The number of carbonyl (C=O) groups is 3. The summed E-state index contributed by atoms with van der Waals surface area (Å²) in [6.45, 7) is 8.85. The zero-order valence-electron chi connectivity index (χ0n) is 20.4. The minimum absolute atomic E-state index is 0.00119. The van der Waals surface area contributed by atoms with E-state index in [9.17, 15) is 19.5 Å². The van der Waals surface area contributed by atoms with Crippen LogP contribution in [0.2, 0.25) is 0 Å². The fourth-order valence-electron chi connectivity index (χ4n) is 6.84. The molecule has 1 spiro atoms. The van der Waals surface area contributed by atoms with Gasteiger partial charge in [-0.2, -0.15) is 0 Å². The molecule has 34 heavy (non-hydrogen) atoms. The zero-order chi connectivity index (χ0) is 24.5. The predicted octanol–water partition coefficient (Wildman–Crippen LogP) is 2.45. The van der Waals surface area contributed by atoms with E-state index >= 15 is 0 Å². The van der Waals surface area contributed by atoms with Crippen molar-refractivity contribution >= 4 is 29.5 Å². The van der Waals surface area contributed by atoms with Crippen molar-refractivity contribution in [2.45, 2.75) is 73.4 Å². The Morgan fingerprint density at radius 3 is 2.50 bits per heavy atom. The van der Waals surface area contributed by atoms with Crippen molar-refractivity contribution < 1.29 is 19.5 Å². The first kappa shape index (κ1) is 25.3. The van der Waals surface area contributed by atoms with Crippen molar-refractivity contribution in [2.24, 2.45) is 11.8 Å². The molecule has 2 bridgehead atoms. The standard InChI is InChI=1S/C26H39N3O4S/c1-4-14-27(3)23(31)20-19-12-13-26(34-19)21(20)24(32)29(16-9-17-30)22(26)25(33)28(15-5-2)18-10-7-6-8-11-18/h4-5,18-22,30H,1-2,6-17H2,3H3/t19-,20+,21+,22?,26?/m1/s1. The Morgan fingerprint density at radius 2 is 1.85 bits per heavy atom. The summed E-state index contributed by atoms with van der Waals surface area (Å²) in [6.07, 6.45) is 10.9. The van der Waals surface area contributed by atoms with Gasteiger partial charge in [0.15, 0.2) is 0 Å². The SMILES string of the molecule is C=CCN(C)C(=O)[C@@H]1[C@H]2C(=O)N(CCCO)C(C(=O)N(CC=C)C3CCCCC3)C23CC[C@H]1S3. The first-order valence-corrected chi connectivity index (χ1v) is 13.7. The van der Waals surface area contributed by atoms with Crippen LogP contribution in [0.5, 0.6) is 0 Å². The van der Waals surface area contributed by atoms with Crippen LogP contribution in [-0.2, 0) is 14.4 Å². The first-order valence-electron chi connectivity index (χ1n) is 12.8. The average molecular weight is 490 g/mol. The number of rotatable bonds is 10. The van der Waals surface area contributed by atoms with Crippen molar-refractivity contribution in [1.82, 2.24) is 14.7 Å². The van der Waals surface area contributed by atoms with Crippen molar-refractivity contribution in [3.8, 4) is 0 Å². The highest BCUT2D eigenvalue weighted by Crippen LogP contribution is 2.66. The number of amides is 3. The molecule has 2 unspecified atom stereocenters. The molecule has 1 N–H and O–H groups in total. The summed E-state index contributed by atoms with van der Waals surface area (Å²) in [4.78, 5) is 46.9. The molecular weight excluding hydrogens is 450 g/mol. The number of aliphatic hydroxyl groups is 1. The lowest BCUT2D eigenvalue weighted by Gasteiger charge is -2.41. The van der Waals surface area contributed by atoms with Crippen LogP contribution >= 0.6 is 11.8 Å². The highest BCUT2D eigenvalue weighted by atomic mass is 32.2. The lowest BCUT2D eigenvalue weighted by Crippen LogP contribution is -2.57. The summed E-state index contributed by atoms with van der Waals surface area (Å²) in [7, 11) is 1.76. The molecule has 3 saturated heterocycles. The number of aliphatic hydroxyl groups excluding tert-OH is 1. The average Bonchev–Trinajstić information content (AvgIpc) is 3.48. The molecule has 4 rings (SSSR count). The number of nitrogens with zero attached hydrogens (tertiary/aromatic N) is 3. The van der Waals surface area contributed by atoms with Crippen LogP contribution in [0, 0.1) is 11.8 Å². The van der Waals surface area contributed by atoms with Gasteiger partial charge in [-0.15, -0.1) is 24.9 Å². The van der Waals surface area contributed by atoms with Gasteiger partial charge in [0.05, 0.1) is 16.6 Å². The fourth-order valence-corrected chi connectivity index (χ4v) is 9.05. The van der Waals surface area contributed by atoms with Gasteiger partial charge < -0.3 is 19.8 Å². The Bertz CT molecular complexity index is 829. The maximum absolute atomic E-state index is 14.3. The lowest BCUT2D eigenvalue weighted by atomic mass is 9.70. The van der Waals surface area contributed by atoms with E-state index < -0.39 is 22.6 Å². The monoisotopic (exact) mass is 489 g/mol. The summed E-state index contributed by atoms with van der Waals surface area (Å²) in [5, 5.41) is 9.58. The molecule has 7 nitrogen and oxygen atoms in total. The van der Waals surface area contributed by atoms with Crippen LogP contribution in [0.1, 0.15) is 51.4 Å². The van der Waals surface area contributed by atoms with E-state index in [1.54, 1.807) is 40.8 Å². The van der Waals surface area contributed by atoms with Gasteiger partial charge in [0.25, 0.3) is 0 Å². The van der Waals surface area contributed by atoms with Crippen LogP contribution in [0.25, 0.3) is 0 Å². The Balaban J connectivity index is 1.70. The number of hydrogen-bond donors (Lipinski definition) is 1. The molecule has 1 aliphatic carbocycles. The van der Waals surface area contributed by atoms with Gasteiger partial charge in [0.2, 0.25) is 17.7 Å². The Kier molecular flexibility index (Phi) is 7.77. The van der Waals surface area contributed by atoms with Gasteiger partial charge in [-0.3, -0.25) is 14.4 Å². The maximum Gasteiger partial charge on any atom is 0.247 e. The van der Waals surface area contributed by atoms with Crippen LogP contribution in [0.4, 0.5) is 0 Å². The van der Waals surface area contributed by atoms with Crippen LogP contribution in [0.15, 0.2) is 25.3 Å². The second-order valence-corrected chi connectivity index (χ2v) is 11.8. The summed E-state index contributed by atoms with van der Waals surface area (Å²) in [5.74, 6) is -1.01. The molecule has 3 aliphatic heterocycles. The summed E-state index contributed by atoms with van der Waals surface area (Å²) < 4.78 is -0.572. The molecule has 0 aromatic carbocycles. The maximum atomic E-state index is 14.3. The highest BCUT2D eigenvalue weighted by Gasteiger charge is 2.74. The van der Waals surface area contributed by atoms with E-state index in [2.05, 4.69) is 13.2 Å². The van der Waals surface area contributed by atoms with Crippen LogP contribution in [0.3, 0.4) is 0 Å². The zero-order valence-corrected chi connectivity index (χ0v) is 21.2. The van der Waals surface area contributed by atoms with Crippen molar-refractivity contribution in [2.75, 3.05) is 33.3 Å². The van der Waals surface area contributed by atoms with Gasteiger partial charge >= 0.3 is 0 Å². The minimum Gasteiger partial charge on any atom is -0.396 e. The third-order valence-electron chi connectivity index (χ3n) is 8.28. The number of hydrogen-bond acceptors (Lipinski definition) is 5. The molecule has 5 atom stereocenters. The molecule has 8 heteroatoms. The van der Waals surface area contributed by atoms with E-state index in [0.29, 0.717) is 26.1 Å². The van der Waals surface area contributed by atoms with Gasteiger partial charge in [0, 0.05) is 44.6 Å². The lowest BCUT2D eigenvalue weighted by molar-refractivity contribution is -0.145. The fraction of sp³-hybridized carbons (Fsp3) is 0.731. The molecule has 4 fully saturated rings. The molecule has 3 heterocycles. The van der Waals surface area contributed by atoms with E-state index in [1.807, 2.05) is 4.90 Å². The van der Waals surface area contributed by atoms with Gasteiger partial charge in [-0.05, 0) is 32.1 Å². The number of likely N-dealkylation sites (tertiary alicyclic amines) is 1. The second-order valence-electron chi connectivity index (χ2n) is 10.2. The van der Waals surface area contributed by atoms with Crippen LogP contribution in [-0.4, -0.2) is 92.9 Å². The first-order chi connectivity index (χ1) is 16.4. The minimum atomic E-state index is -0.587. The topological polar surface area (TPSA) is 81.2 Å². The molecule has 1 saturated carbocycles. The smallest absolute Gasteiger partial charge is 0.247 e. The second kappa shape index (κ2) is 10.4. The van der Waals surface area contributed by atoms with E-state index in [1.165, 1.54) is 6.42 Å². The molecule has 188 valence electrons. The molecule has 0 aromatic rings. The van der Waals surface area contributed by atoms with E-state index in [4.69, 9.17) is 0 Å². The number of likely N-dealkylation sites (N-methyl/N-ethyl adjacent to an activating group) is 1. The Hall–Kier alpha value is -1.80. The third-order valence-corrected chi connectivity index (χ3v) is 10.2. The quantitative estimate of drug-likeness (QED) is 0.477. The number of thioether (sulfide) groups is 1. The van der Waals surface area contributed by atoms with Gasteiger partial charge in [-0.1, -0.05) is 31.4 Å². The van der Waals surface area contributed by atoms with Crippen LogP contribution < -0.4 is 0 Å². The normalized spacial score (nSPS) is 32.5. The van der Waals surface area contributed by atoms with Gasteiger partial charge in [-0.25, -0.2) is 0 Å². The molecule has 3 amide bonds. The van der Waals surface area contributed by atoms with Crippen molar-refractivity contribution in [3.63, 3.8) is 0 Å². The van der Waals surface area contributed by atoms with E-state index in [0.717, 1.165) is 38.5 Å². The van der Waals surface area contributed by atoms with Gasteiger partial charge in [0.1, 0.15) is 6.04 Å². The molecule has 0 aromatic heterocycles. The Morgan fingerprint density at radius 1 is 1.15 bits per heavy atom. The molecule has 4 aliphatic rings.